The Morgan fingerprint density at radius 1 is 0.800 bits per heavy atom. The number of rotatable bonds is 4. The molecule has 0 fully saturated rings. The van der Waals surface area contributed by atoms with Crippen molar-refractivity contribution in [3.8, 4) is 50.9 Å². The maximum absolute atomic E-state index is 13.6. The molecule has 0 saturated heterocycles. The van der Waals surface area contributed by atoms with E-state index in [-0.39, 0.29) is 34.5 Å². The Balaban J connectivity index is 1.57. The van der Waals surface area contributed by atoms with Gasteiger partial charge in [-0.2, -0.15) is 18.3 Å². The van der Waals surface area contributed by atoms with Gasteiger partial charge in [-0.05, 0) is 61.4 Å². The van der Waals surface area contributed by atoms with Gasteiger partial charge >= 0.3 is 12.5 Å². The summed E-state index contributed by atoms with van der Waals surface area (Å²) in [5.74, 6) is 0.144. The van der Waals surface area contributed by atoms with Crippen molar-refractivity contribution in [2.45, 2.75) is 33.2 Å². The Morgan fingerprint density at radius 3 is 2.25 bits per heavy atom. The van der Waals surface area contributed by atoms with Gasteiger partial charge in [-0.3, -0.25) is 0 Å². The summed E-state index contributed by atoms with van der Waals surface area (Å²) in [6, 6.07) is 18.1. The standard InChI is InChI=1S/C29H20F5N3O3/c1-15-5-4-6-18(11-15)19-7-9-22(37-16(2)12-25(36-37)28(30,31)32)21(13-19)26-27(38-17(3)35-26)20-8-10-23-24(14-20)40-29(33,34)39-23/h4-14H,1-3H3. The Morgan fingerprint density at radius 2 is 1.52 bits per heavy atom. The van der Waals surface area contributed by atoms with Crippen LogP contribution in [0, 0.1) is 20.8 Å². The van der Waals surface area contributed by atoms with E-state index in [0.29, 0.717) is 16.8 Å². The first-order valence-electron chi connectivity index (χ1n) is 12.1. The van der Waals surface area contributed by atoms with Gasteiger partial charge in [0.05, 0.1) is 5.69 Å². The Labute approximate surface area is 224 Å². The van der Waals surface area contributed by atoms with Crippen LogP contribution in [-0.4, -0.2) is 21.1 Å². The third kappa shape index (κ3) is 4.57. The van der Waals surface area contributed by atoms with Gasteiger partial charge in [-0.25, -0.2) is 9.67 Å². The van der Waals surface area contributed by atoms with E-state index in [0.717, 1.165) is 22.8 Å². The number of ether oxygens (including phenoxy) is 2. The number of hydrogen-bond donors (Lipinski definition) is 0. The summed E-state index contributed by atoms with van der Waals surface area (Å²) in [4.78, 5) is 4.55. The van der Waals surface area contributed by atoms with Gasteiger partial charge in [0.2, 0.25) is 0 Å². The monoisotopic (exact) mass is 553 g/mol. The number of oxazole rings is 1. The van der Waals surface area contributed by atoms with Crippen molar-refractivity contribution in [2.75, 3.05) is 0 Å². The number of nitrogens with zero attached hydrogens (tertiary/aromatic N) is 3. The highest BCUT2D eigenvalue weighted by atomic mass is 19.4. The van der Waals surface area contributed by atoms with E-state index in [9.17, 15) is 22.0 Å². The van der Waals surface area contributed by atoms with E-state index in [1.807, 2.05) is 31.2 Å². The summed E-state index contributed by atoms with van der Waals surface area (Å²) in [7, 11) is 0. The van der Waals surface area contributed by atoms with Crippen LogP contribution in [0.1, 0.15) is 22.8 Å². The van der Waals surface area contributed by atoms with Crippen molar-refractivity contribution in [3.05, 3.63) is 89.6 Å². The molecule has 0 saturated carbocycles. The topological polar surface area (TPSA) is 62.3 Å². The van der Waals surface area contributed by atoms with Crippen molar-refractivity contribution in [3.63, 3.8) is 0 Å². The van der Waals surface area contributed by atoms with E-state index in [1.54, 1.807) is 25.1 Å². The number of benzene rings is 3. The second-order valence-electron chi connectivity index (χ2n) is 9.42. The number of fused-ring (bicyclic) bond motifs is 1. The molecular weight excluding hydrogens is 533 g/mol. The highest BCUT2D eigenvalue weighted by molar-refractivity contribution is 5.85. The first-order valence-corrected chi connectivity index (χ1v) is 12.1. The molecule has 40 heavy (non-hydrogen) atoms. The predicted octanol–water partition coefficient (Wildman–Crippen LogP) is 8.13. The SMILES string of the molecule is Cc1cccc(-c2ccc(-n3nc(C(F)(F)F)cc3C)c(-c3nc(C)oc3-c3ccc4c(c3)OC(F)(F)O4)c2)c1. The lowest BCUT2D eigenvalue weighted by Crippen LogP contribution is -2.25. The van der Waals surface area contributed by atoms with Crippen LogP contribution in [0.25, 0.3) is 39.4 Å². The van der Waals surface area contributed by atoms with Crippen LogP contribution < -0.4 is 9.47 Å². The molecule has 0 bridgehead atoms. The zero-order valence-corrected chi connectivity index (χ0v) is 21.3. The summed E-state index contributed by atoms with van der Waals surface area (Å²) in [6.45, 7) is 5.08. The number of halogens is 5. The summed E-state index contributed by atoms with van der Waals surface area (Å²) in [5, 5.41) is 3.84. The molecule has 1 aliphatic rings. The normalized spacial score (nSPS) is 14.1. The largest absolute Gasteiger partial charge is 0.586 e. The number of aryl methyl sites for hydroxylation is 3. The molecule has 204 valence electrons. The fourth-order valence-corrected chi connectivity index (χ4v) is 4.67. The molecule has 0 unspecified atom stereocenters. The summed E-state index contributed by atoms with van der Waals surface area (Å²) >= 11 is 0. The summed E-state index contributed by atoms with van der Waals surface area (Å²) < 4.78 is 84.1. The lowest BCUT2D eigenvalue weighted by atomic mass is 9.97. The molecule has 11 heteroatoms. The molecule has 3 aromatic carbocycles. The molecule has 0 N–H and O–H groups in total. The predicted molar refractivity (Wildman–Crippen MR) is 135 cm³/mol. The van der Waals surface area contributed by atoms with Gasteiger partial charge in [0.1, 0.15) is 5.69 Å². The minimum absolute atomic E-state index is 0.138. The average Bonchev–Trinajstić information content (AvgIpc) is 3.56. The minimum Gasteiger partial charge on any atom is -0.440 e. The van der Waals surface area contributed by atoms with E-state index in [2.05, 4.69) is 19.6 Å². The van der Waals surface area contributed by atoms with Crippen molar-refractivity contribution in [1.29, 1.82) is 0 Å². The zero-order chi connectivity index (χ0) is 28.4. The molecule has 6 nitrogen and oxygen atoms in total. The van der Waals surface area contributed by atoms with Crippen molar-refractivity contribution in [1.82, 2.24) is 14.8 Å². The fraction of sp³-hybridized carbons (Fsp3) is 0.172. The van der Waals surface area contributed by atoms with Gasteiger partial charge in [0, 0.05) is 23.7 Å². The lowest BCUT2D eigenvalue weighted by molar-refractivity contribution is -0.286. The Bertz CT molecular complexity index is 1770. The highest BCUT2D eigenvalue weighted by Gasteiger charge is 2.43. The molecule has 0 radical (unpaired) electrons. The smallest absolute Gasteiger partial charge is 0.440 e. The van der Waals surface area contributed by atoms with E-state index >= 15 is 0 Å². The fourth-order valence-electron chi connectivity index (χ4n) is 4.67. The van der Waals surface area contributed by atoms with Crippen LogP contribution in [-0.2, 0) is 6.18 Å². The third-order valence-corrected chi connectivity index (χ3v) is 6.41. The van der Waals surface area contributed by atoms with Crippen LogP contribution >= 0.6 is 0 Å². The molecule has 0 atom stereocenters. The van der Waals surface area contributed by atoms with Gasteiger partial charge in [-0.1, -0.05) is 35.9 Å². The van der Waals surface area contributed by atoms with E-state index < -0.39 is 18.2 Å². The van der Waals surface area contributed by atoms with Crippen molar-refractivity contribution >= 4 is 0 Å². The second-order valence-corrected chi connectivity index (χ2v) is 9.42. The van der Waals surface area contributed by atoms with E-state index in [1.165, 1.54) is 29.8 Å². The Kier molecular flexibility index (Phi) is 5.72. The summed E-state index contributed by atoms with van der Waals surface area (Å²) in [6.07, 6.45) is -8.44. The van der Waals surface area contributed by atoms with Crippen LogP contribution in [0.3, 0.4) is 0 Å². The average molecular weight is 553 g/mol. The van der Waals surface area contributed by atoms with Gasteiger partial charge in [0.25, 0.3) is 0 Å². The highest BCUT2D eigenvalue weighted by Crippen LogP contribution is 2.45. The molecule has 3 heterocycles. The number of hydrogen-bond acceptors (Lipinski definition) is 5. The molecule has 1 aliphatic heterocycles. The van der Waals surface area contributed by atoms with Gasteiger partial charge in [0.15, 0.2) is 28.8 Å². The molecule has 0 amide bonds. The van der Waals surface area contributed by atoms with Crippen LogP contribution in [0.15, 0.2) is 71.1 Å². The third-order valence-electron chi connectivity index (χ3n) is 6.41. The number of aromatic nitrogens is 3. The summed E-state index contributed by atoms with van der Waals surface area (Å²) in [5.41, 5.74) is 3.30. The zero-order valence-electron chi connectivity index (χ0n) is 21.3. The molecular formula is C29H20F5N3O3. The maximum Gasteiger partial charge on any atom is 0.586 e. The van der Waals surface area contributed by atoms with Gasteiger partial charge < -0.3 is 13.9 Å². The van der Waals surface area contributed by atoms with Crippen molar-refractivity contribution in [2.24, 2.45) is 0 Å². The molecule has 5 aromatic rings. The first-order chi connectivity index (χ1) is 18.9. The molecule has 0 spiro atoms. The Hall–Kier alpha value is -4.67. The van der Waals surface area contributed by atoms with Crippen LogP contribution in [0.5, 0.6) is 11.5 Å². The van der Waals surface area contributed by atoms with Gasteiger partial charge in [-0.15, -0.1) is 8.78 Å². The quantitative estimate of drug-likeness (QED) is 0.210. The molecule has 2 aromatic heterocycles. The van der Waals surface area contributed by atoms with Crippen LogP contribution in [0.2, 0.25) is 0 Å². The maximum atomic E-state index is 13.6. The lowest BCUT2D eigenvalue weighted by Gasteiger charge is -2.14. The first kappa shape index (κ1) is 25.6. The van der Waals surface area contributed by atoms with Crippen molar-refractivity contribution < 1.29 is 35.8 Å². The van der Waals surface area contributed by atoms with E-state index in [4.69, 9.17) is 4.42 Å². The molecule has 6 rings (SSSR count). The second kappa shape index (κ2) is 8.94. The number of alkyl halides is 5. The van der Waals surface area contributed by atoms with Crippen LogP contribution in [0.4, 0.5) is 22.0 Å². The minimum atomic E-state index is -4.64. The molecule has 0 aliphatic carbocycles.